The predicted octanol–water partition coefficient (Wildman–Crippen LogP) is 29.1. The predicted molar refractivity (Wildman–Crippen MR) is 468 cm³/mol. The molecule has 0 bridgehead atoms. The Kier molecular flexibility index (Phi) is 22.4. The van der Waals surface area contributed by atoms with Gasteiger partial charge in [-0.25, -0.2) is 0 Å². The summed E-state index contributed by atoms with van der Waals surface area (Å²) in [6.07, 6.45) is 0. The molecule has 0 saturated heterocycles. The molecule has 0 saturated carbocycles. The van der Waals surface area contributed by atoms with Gasteiger partial charge in [0.1, 0.15) is 0 Å². The van der Waals surface area contributed by atoms with E-state index in [-0.39, 0.29) is 0 Å². The molecule has 0 unspecified atom stereocenters. The third kappa shape index (κ3) is 13.8. The van der Waals surface area contributed by atoms with Crippen LogP contribution in [-0.2, 0) is 0 Å². The second-order valence-corrected chi connectivity index (χ2v) is 41.1. The zero-order valence-electron chi connectivity index (χ0n) is 68.4. The van der Waals surface area contributed by atoms with Crippen molar-refractivity contribution in [3.63, 3.8) is 0 Å². The van der Waals surface area contributed by atoms with Gasteiger partial charge in [-0.15, -0.1) is 0 Å². The Bertz CT molecular complexity index is 4140. The first-order valence-electron chi connectivity index (χ1n) is 39.9. The molecule has 11 aromatic rings. The fourth-order valence-electron chi connectivity index (χ4n) is 16.9. The minimum atomic E-state index is -1.09. The van der Waals surface area contributed by atoms with Crippen LogP contribution in [0.15, 0.2) is 176 Å². The fourth-order valence-corrected chi connectivity index (χ4v) is 26.3. The molecule has 3 aliphatic heterocycles. The summed E-state index contributed by atoms with van der Waals surface area (Å²) in [6, 6.07) is 69.8. The van der Waals surface area contributed by atoms with Crippen molar-refractivity contribution in [3.8, 4) is 0 Å². The fraction of sp³-hybridized carbons (Fsp3) is 0.381. The van der Waals surface area contributed by atoms with Crippen molar-refractivity contribution >= 4 is 148 Å². The molecule has 546 valence electrons. The first-order chi connectivity index (χ1) is 50.5. The Balaban J connectivity index is 0.00000134. The average Bonchev–Trinajstić information content (AvgIpc) is 1.49. The standard InChI is InChI=1S/C90H108Ge3N6.C7H8/c1-49(2)61-31-25-32-62(50(3)4)85(61)94-79-43-73-74(44-80(79)95(91-94)86-63(51(5)6)33-26-34-64(86)52(7)8)76-46-82-84(99(90-71(59(21)22)41-30-42-72(90)60(23)24)93-97(82)88-67(55(13)14)37-28-38-68(88)56(15)16)48-78(76)77-47-83-81(45-75(73)77)96(87-65(53(9)10)35-27-36-66(87)54(11)12)92-98(83)89-69(57(17)18)39-29-40-70(89)58(19)20;1-7-5-3-2-4-6-7/h25-60H,1-24H3;2-6H,1H3. The molecule has 6 radical (unpaired) electrons. The van der Waals surface area contributed by atoms with Gasteiger partial charge < -0.3 is 0 Å². The molecular weight excluding hydrogens is 1470 g/mol. The van der Waals surface area contributed by atoms with E-state index in [1.54, 1.807) is 0 Å². The number of fused-ring (bicyclic) bond motifs is 9. The molecular formula is C97H116Ge3N6. The van der Waals surface area contributed by atoms with Crippen LogP contribution in [0.2, 0.25) is 0 Å². The monoisotopic (exact) mass is 1590 g/mol. The van der Waals surface area contributed by atoms with Crippen LogP contribution in [0.5, 0.6) is 0 Å². The largest absolute Gasteiger partial charge is 0.0622 e. The maximum Gasteiger partial charge on any atom is -0.0398 e. The van der Waals surface area contributed by atoms with E-state index in [2.05, 4.69) is 354 Å². The van der Waals surface area contributed by atoms with Gasteiger partial charge in [0.25, 0.3) is 0 Å². The Morgan fingerprint density at radius 3 is 0.415 bits per heavy atom. The molecule has 3 aliphatic rings. The Morgan fingerprint density at radius 2 is 0.311 bits per heavy atom. The van der Waals surface area contributed by atoms with Gasteiger partial charge in [0.05, 0.1) is 0 Å². The summed E-state index contributed by atoms with van der Waals surface area (Å²) in [5, 5.41) is 7.96. The van der Waals surface area contributed by atoms with Gasteiger partial charge in [-0.05, 0) is 6.92 Å². The van der Waals surface area contributed by atoms with Crippen LogP contribution in [0.4, 0.5) is 68.2 Å². The van der Waals surface area contributed by atoms with Crippen molar-refractivity contribution < 1.29 is 0 Å². The van der Waals surface area contributed by atoms with Crippen LogP contribution < -0.4 is 23.1 Å². The SMILES string of the molecule is CC(C)c1cccc(C(C)C)c1[N]1[Ge][N](c2c(C(C)C)cccc2C(C)C)c2cc3c(cc21)c1cc2c(cc1c1cc4c(cc31)[N](c1c(C(C)C)cccc1C(C)C)[Ge][N]4c1c(C(C)C)cccc1C(C)C)[N](c1c(C(C)C)cccc1C(C)C)[Ge][N]2c1c(C(C)C)cccc1C(C)C.Cc1ccccc1. The molecule has 0 aliphatic carbocycles. The minimum Gasteiger partial charge on any atom is -0.0622 e. The van der Waals surface area contributed by atoms with Gasteiger partial charge in [0.15, 0.2) is 0 Å². The summed E-state index contributed by atoms with van der Waals surface area (Å²) < 4.78 is 17.3. The van der Waals surface area contributed by atoms with Gasteiger partial charge in [-0.3, -0.25) is 0 Å². The van der Waals surface area contributed by atoms with Crippen molar-refractivity contribution in [2.45, 2.75) is 244 Å². The second kappa shape index (κ2) is 30.9. The first kappa shape index (κ1) is 76.8. The van der Waals surface area contributed by atoms with Crippen LogP contribution in [0.1, 0.15) is 310 Å². The second-order valence-electron chi connectivity index (χ2n) is 34.2. The summed E-state index contributed by atoms with van der Waals surface area (Å²) >= 11 is -3.28. The molecule has 106 heavy (non-hydrogen) atoms. The molecule has 0 fully saturated rings. The number of benzene rings is 11. The van der Waals surface area contributed by atoms with E-state index in [0.29, 0.717) is 71.0 Å². The summed E-state index contributed by atoms with van der Waals surface area (Å²) in [6.45, 7) is 59.9. The number of hydrogen-bond donors (Lipinski definition) is 0. The number of nitrogens with zero attached hydrogens (tertiary/aromatic N) is 6. The van der Waals surface area contributed by atoms with Gasteiger partial charge in [-0.2, -0.15) is 0 Å². The summed E-state index contributed by atoms with van der Waals surface area (Å²) in [7, 11) is 0. The molecule has 6 nitrogen and oxygen atoms in total. The van der Waals surface area contributed by atoms with Crippen LogP contribution in [0.25, 0.3) is 32.3 Å². The van der Waals surface area contributed by atoms with Crippen LogP contribution in [-0.4, -0.2) is 47.6 Å². The van der Waals surface area contributed by atoms with E-state index in [9.17, 15) is 0 Å². The van der Waals surface area contributed by atoms with Gasteiger partial charge in [0, 0.05) is 0 Å². The van der Waals surface area contributed by atoms with Gasteiger partial charge in [-0.1, -0.05) is 35.9 Å². The van der Waals surface area contributed by atoms with Gasteiger partial charge >= 0.3 is 621 Å². The normalized spacial score (nSPS) is 13.9. The van der Waals surface area contributed by atoms with Crippen molar-refractivity contribution in [3.05, 3.63) is 248 Å². The minimum absolute atomic E-state index is 0.331. The Morgan fingerprint density at radius 1 is 0.179 bits per heavy atom. The molecule has 0 amide bonds. The van der Waals surface area contributed by atoms with E-state index >= 15 is 0 Å². The summed E-state index contributed by atoms with van der Waals surface area (Å²) in [5.74, 6) is 3.98. The quantitative estimate of drug-likeness (QED) is 0.0625. The number of aryl methyl sites for hydroxylation is 1. The maximum absolute atomic E-state index is 2.89. The molecule has 9 heteroatoms. The average molecular weight is 1580 g/mol. The maximum atomic E-state index is 2.89. The first-order valence-corrected chi connectivity index (χ1v) is 45.6. The molecule has 0 N–H and O–H groups in total. The zero-order valence-corrected chi connectivity index (χ0v) is 74.6. The smallest absolute Gasteiger partial charge is 0.0398 e. The molecule has 14 rings (SSSR count). The molecule has 0 aromatic heterocycles. The number of hydrogen-bond acceptors (Lipinski definition) is 6. The van der Waals surface area contributed by atoms with E-state index in [1.165, 1.54) is 173 Å². The Labute approximate surface area is 658 Å². The van der Waals surface area contributed by atoms with Gasteiger partial charge in [0.2, 0.25) is 0 Å². The van der Waals surface area contributed by atoms with Crippen LogP contribution in [0, 0.1) is 6.92 Å². The third-order valence-corrected chi connectivity index (χ3v) is 31.0. The molecule has 0 atom stereocenters. The van der Waals surface area contributed by atoms with Crippen molar-refractivity contribution in [1.82, 2.24) is 0 Å². The number of rotatable bonds is 18. The molecule has 0 spiro atoms. The molecule has 11 aromatic carbocycles. The van der Waals surface area contributed by atoms with Crippen LogP contribution in [0.3, 0.4) is 0 Å². The number of para-hydroxylation sites is 6. The Hall–Kier alpha value is -7.37. The summed E-state index contributed by atoms with van der Waals surface area (Å²) in [4.78, 5) is 0. The van der Waals surface area contributed by atoms with Crippen molar-refractivity contribution in [2.24, 2.45) is 0 Å². The van der Waals surface area contributed by atoms with E-state index < -0.39 is 47.6 Å². The zero-order chi connectivity index (χ0) is 75.9. The van der Waals surface area contributed by atoms with Crippen molar-refractivity contribution in [1.29, 1.82) is 0 Å². The van der Waals surface area contributed by atoms with Crippen molar-refractivity contribution in [2.75, 3.05) is 23.1 Å². The van der Waals surface area contributed by atoms with E-state index in [0.717, 1.165) is 0 Å². The van der Waals surface area contributed by atoms with Crippen LogP contribution >= 0.6 is 0 Å². The molecule has 3 heterocycles. The number of anilines is 12. The topological polar surface area (TPSA) is 19.4 Å². The summed E-state index contributed by atoms with van der Waals surface area (Å²) in [5.41, 5.74) is 35.0. The third-order valence-electron chi connectivity index (χ3n) is 22.6. The van der Waals surface area contributed by atoms with E-state index in [1.807, 2.05) is 18.2 Å². The van der Waals surface area contributed by atoms with E-state index in [4.69, 9.17) is 0 Å².